The van der Waals surface area contributed by atoms with Gasteiger partial charge in [-0.3, -0.25) is 0 Å². The van der Waals surface area contributed by atoms with Crippen LogP contribution < -0.4 is 9.64 Å². The Bertz CT molecular complexity index is 2590. The molecule has 0 spiro atoms. The highest BCUT2D eigenvalue weighted by atomic mass is 16.5. The van der Waals surface area contributed by atoms with Crippen molar-refractivity contribution in [2.45, 2.75) is 0 Å². The molecule has 7 aromatic carbocycles. The van der Waals surface area contributed by atoms with E-state index in [1.165, 1.54) is 44.0 Å². The van der Waals surface area contributed by atoms with E-state index in [4.69, 9.17) is 4.74 Å². The number of aromatic nitrogens is 2. The molecule has 9 aromatic rings. The SMILES string of the molecule is c1ccc(-c2cc3ccc4c5ccccc5n(-c5ccc(N6c7ccccc7Oc7ccccc76)cc5)c4c3n2-c2ccccc2)cc1. The van der Waals surface area contributed by atoms with Gasteiger partial charge in [0.1, 0.15) is 0 Å². The Morgan fingerprint density at radius 3 is 1.71 bits per heavy atom. The lowest BCUT2D eigenvalue weighted by Crippen LogP contribution is -2.15. The van der Waals surface area contributed by atoms with Gasteiger partial charge in [0.05, 0.1) is 33.6 Å². The van der Waals surface area contributed by atoms with Gasteiger partial charge < -0.3 is 18.8 Å². The van der Waals surface area contributed by atoms with Crippen molar-refractivity contribution in [1.82, 2.24) is 9.13 Å². The van der Waals surface area contributed by atoms with Crippen molar-refractivity contribution in [2.24, 2.45) is 0 Å². The first-order valence-corrected chi connectivity index (χ1v) is 16.3. The average Bonchev–Trinajstić information content (AvgIpc) is 3.71. The first kappa shape index (κ1) is 26.7. The summed E-state index contributed by atoms with van der Waals surface area (Å²) in [6, 6.07) is 62.4. The fraction of sp³-hybridized carbons (Fsp3) is 0. The Morgan fingerprint density at radius 2 is 0.979 bits per heavy atom. The van der Waals surface area contributed by atoms with Crippen LogP contribution in [-0.4, -0.2) is 9.13 Å². The number of fused-ring (bicyclic) bond motifs is 7. The molecule has 3 heterocycles. The summed E-state index contributed by atoms with van der Waals surface area (Å²) in [4.78, 5) is 2.29. The normalized spacial score (nSPS) is 12.3. The first-order chi connectivity index (χ1) is 23.8. The molecule has 48 heavy (non-hydrogen) atoms. The zero-order valence-corrected chi connectivity index (χ0v) is 26.0. The Labute approximate surface area is 277 Å². The number of benzene rings is 7. The van der Waals surface area contributed by atoms with Crippen LogP contribution in [0.1, 0.15) is 0 Å². The lowest BCUT2D eigenvalue weighted by Gasteiger charge is -2.32. The van der Waals surface area contributed by atoms with Crippen LogP contribution in [0.25, 0.3) is 55.3 Å². The van der Waals surface area contributed by atoms with E-state index in [-0.39, 0.29) is 0 Å². The molecule has 10 rings (SSSR count). The molecule has 0 radical (unpaired) electrons. The Hall–Kier alpha value is -6.52. The number of para-hydroxylation sites is 6. The van der Waals surface area contributed by atoms with Crippen LogP contribution in [0.5, 0.6) is 11.5 Å². The maximum absolute atomic E-state index is 6.28. The summed E-state index contributed by atoms with van der Waals surface area (Å²) in [5.41, 5.74) is 11.3. The number of rotatable bonds is 4. The minimum absolute atomic E-state index is 0.848. The van der Waals surface area contributed by atoms with E-state index in [0.717, 1.165) is 39.9 Å². The monoisotopic (exact) mass is 615 g/mol. The standard InChI is InChI=1S/C44H29N3O/c1-3-13-30(14-4-1)40-29-31-23-28-36-35-17-7-8-18-37(35)46(44(36)43(31)47(40)32-15-5-2-6-16-32)34-26-24-33(25-27-34)45-38-19-9-11-21-41(38)48-42-22-12-10-20-39(42)45/h1-29H. The molecule has 0 aliphatic carbocycles. The van der Waals surface area contributed by atoms with Crippen LogP contribution >= 0.6 is 0 Å². The highest BCUT2D eigenvalue weighted by Gasteiger charge is 2.26. The summed E-state index contributed by atoms with van der Waals surface area (Å²) < 4.78 is 11.1. The van der Waals surface area contributed by atoms with Crippen molar-refractivity contribution in [1.29, 1.82) is 0 Å². The van der Waals surface area contributed by atoms with Crippen molar-refractivity contribution in [3.05, 3.63) is 176 Å². The van der Waals surface area contributed by atoms with Crippen LogP contribution in [0.4, 0.5) is 17.1 Å². The second-order valence-electron chi connectivity index (χ2n) is 12.2. The molecule has 0 atom stereocenters. The third-order valence-electron chi connectivity index (χ3n) is 9.48. The summed E-state index contributed by atoms with van der Waals surface area (Å²) >= 11 is 0. The molecule has 0 amide bonds. The van der Waals surface area contributed by atoms with Gasteiger partial charge in [-0.2, -0.15) is 0 Å². The van der Waals surface area contributed by atoms with Gasteiger partial charge in [-0.25, -0.2) is 0 Å². The molecule has 0 unspecified atom stereocenters. The number of anilines is 3. The van der Waals surface area contributed by atoms with Gasteiger partial charge in [-0.05, 0) is 78.4 Å². The van der Waals surface area contributed by atoms with E-state index in [2.05, 4.69) is 166 Å². The van der Waals surface area contributed by atoms with Crippen LogP contribution in [0.3, 0.4) is 0 Å². The Morgan fingerprint density at radius 1 is 0.396 bits per heavy atom. The van der Waals surface area contributed by atoms with Crippen LogP contribution in [0, 0.1) is 0 Å². The summed E-state index contributed by atoms with van der Waals surface area (Å²) in [7, 11) is 0. The van der Waals surface area contributed by atoms with E-state index in [1.54, 1.807) is 0 Å². The van der Waals surface area contributed by atoms with Gasteiger partial charge in [0.15, 0.2) is 11.5 Å². The highest BCUT2D eigenvalue weighted by molar-refractivity contribution is 6.19. The van der Waals surface area contributed by atoms with Crippen molar-refractivity contribution < 1.29 is 4.74 Å². The molecular weight excluding hydrogens is 587 g/mol. The minimum Gasteiger partial charge on any atom is -0.453 e. The molecule has 4 nitrogen and oxygen atoms in total. The smallest absolute Gasteiger partial charge is 0.151 e. The van der Waals surface area contributed by atoms with E-state index in [1.807, 2.05) is 24.3 Å². The van der Waals surface area contributed by atoms with E-state index in [0.29, 0.717) is 0 Å². The quantitative estimate of drug-likeness (QED) is 0.197. The summed E-state index contributed by atoms with van der Waals surface area (Å²) in [5.74, 6) is 1.70. The zero-order chi connectivity index (χ0) is 31.6. The Balaban J connectivity index is 1.24. The van der Waals surface area contributed by atoms with Gasteiger partial charge in [0, 0.05) is 33.2 Å². The zero-order valence-electron chi connectivity index (χ0n) is 26.0. The molecule has 1 aliphatic rings. The lowest BCUT2D eigenvalue weighted by atomic mass is 10.1. The summed E-state index contributed by atoms with van der Waals surface area (Å²) in [6.45, 7) is 0. The number of hydrogen-bond donors (Lipinski definition) is 0. The van der Waals surface area contributed by atoms with E-state index in [9.17, 15) is 0 Å². The molecule has 0 N–H and O–H groups in total. The molecular formula is C44H29N3O. The molecule has 0 fully saturated rings. The molecule has 0 saturated heterocycles. The Kier molecular flexibility index (Phi) is 5.84. The fourth-order valence-electron chi connectivity index (χ4n) is 7.41. The minimum atomic E-state index is 0.848. The molecule has 226 valence electrons. The predicted octanol–water partition coefficient (Wildman–Crippen LogP) is 12.0. The lowest BCUT2D eigenvalue weighted by molar-refractivity contribution is 0.477. The fourth-order valence-corrected chi connectivity index (χ4v) is 7.41. The van der Waals surface area contributed by atoms with Gasteiger partial charge in [0.25, 0.3) is 0 Å². The average molecular weight is 616 g/mol. The van der Waals surface area contributed by atoms with Crippen molar-refractivity contribution in [3.8, 4) is 34.1 Å². The number of hydrogen-bond acceptors (Lipinski definition) is 2. The molecule has 0 bridgehead atoms. The third-order valence-corrected chi connectivity index (χ3v) is 9.48. The second kappa shape index (κ2) is 10.5. The van der Waals surface area contributed by atoms with Gasteiger partial charge in [-0.1, -0.05) is 103 Å². The van der Waals surface area contributed by atoms with Crippen LogP contribution in [0.15, 0.2) is 176 Å². The van der Waals surface area contributed by atoms with Crippen molar-refractivity contribution in [2.75, 3.05) is 4.90 Å². The highest BCUT2D eigenvalue weighted by Crippen LogP contribution is 2.50. The number of ether oxygens (including phenoxy) is 1. The van der Waals surface area contributed by atoms with Gasteiger partial charge in [-0.15, -0.1) is 0 Å². The maximum Gasteiger partial charge on any atom is 0.151 e. The van der Waals surface area contributed by atoms with Crippen molar-refractivity contribution in [3.63, 3.8) is 0 Å². The molecule has 4 heteroatoms. The molecule has 1 aliphatic heterocycles. The summed E-state index contributed by atoms with van der Waals surface area (Å²) in [5, 5.41) is 3.66. The van der Waals surface area contributed by atoms with Crippen molar-refractivity contribution >= 4 is 49.8 Å². The third kappa shape index (κ3) is 3.96. The predicted molar refractivity (Wildman–Crippen MR) is 198 cm³/mol. The van der Waals surface area contributed by atoms with Crippen LogP contribution in [0.2, 0.25) is 0 Å². The van der Waals surface area contributed by atoms with Gasteiger partial charge in [0.2, 0.25) is 0 Å². The molecule has 2 aromatic heterocycles. The largest absolute Gasteiger partial charge is 0.453 e. The molecule has 0 saturated carbocycles. The maximum atomic E-state index is 6.28. The summed E-state index contributed by atoms with van der Waals surface area (Å²) in [6.07, 6.45) is 0. The topological polar surface area (TPSA) is 22.3 Å². The first-order valence-electron chi connectivity index (χ1n) is 16.3. The van der Waals surface area contributed by atoms with Gasteiger partial charge >= 0.3 is 0 Å². The second-order valence-corrected chi connectivity index (χ2v) is 12.2. The van der Waals surface area contributed by atoms with E-state index < -0.39 is 0 Å². The van der Waals surface area contributed by atoms with Crippen LogP contribution in [-0.2, 0) is 0 Å². The number of nitrogens with zero attached hydrogens (tertiary/aromatic N) is 3. The van der Waals surface area contributed by atoms with E-state index >= 15 is 0 Å².